The van der Waals surface area contributed by atoms with E-state index in [9.17, 15) is 9.28 Å². The summed E-state index contributed by atoms with van der Waals surface area (Å²) in [5, 5.41) is 9.76. The number of hydrogen-bond acceptors (Lipinski definition) is 7. The van der Waals surface area contributed by atoms with Crippen LogP contribution in [0.15, 0.2) is 46.7 Å². The monoisotopic (exact) mass is 393 g/mol. The number of rotatable bonds is 6. The number of nitrogen functional groups attached to an aromatic ring is 1. The number of hydrogen-bond donors (Lipinski definition) is 3. The van der Waals surface area contributed by atoms with Crippen LogP contribution in [-0.2, 0) is 0 Å². The van der Waals surface area contributed by atoms with Crippen LogP contribution in [0.3, 0.4) is 0 Å². The zero-order valence-corrected chi connectivity index (χ0v) is 15.3. The predicted molar refractivity (Wildman–Crippen MR) is 101 cm³/mol. The van der Waals surface area contributed by atoms with Crippen LogP contribution in [0.25, 0.3) is 10.1 Å². The smallest absolute Gasteiger partial charge is 0.243 e. The summed E-state index contributed by atoms with van der Waals surface area (Å²) in [6.45, 7) is 0. The van der Waals surface area contributed by atoms with E-state index < -0.39 is 14.2 Å². The Labute approximate surface area is 153 Å². The minimum Gasteiger partial charge on any atom is -0.446 e. The van der Waals surface area contributed by atoms with Crippen molar-refractivity contribution >= 4 is 47.4 Å². The average Bonchev–Trinajstić information content (AvgIpc) is 2.96. The number of thiophene rings is 1. The lowest BCUT2D eigenvalue weighted by molar-refractivity contribution is 0.482. The van der Waals surface area contributed by atoms with E-state index in [1.165, 1.54) is 24.1 Å². The zero-order chi connectivity index (χ0) is 17.8. The SMILES string of the molecule is N#Cc1ccc(OP(O)CNSc2cc3cc(N)ccc3s2)cc1F. The highest BCUT2D eigenvalue weighted by atomic mass is 32.2. The number of nitriles is 1. The van der Waals surface area contributed by atoms with Crippen LogP contribution in [0.2, 0.25) is 0 Å². The van der Waals surface area contributed by atoms with Gasteiger partial charge in [0.2, 0.25) is 8.38 Å². The first-order valence-electron chi connectivity index (χ1n) is 7.08. The average molecular weight is 393 g/mol. The first kappa shape index (κ1) is 17.9. The quantitative estimate of drug-likeness (QED) is 0.326. The molecule has 1 heterocycles. The molecule has 3 aromatic rings. The standard InChI is InChI=1S/C16H13FN3O2PS2/c17-14-7-13(3-1-10(14)8-18)22-23(21)9-20-25-16-6-11-5-12(19)2-4-15(11)24-16/h1-7,20-21H,9,19H2. The van der Waals surface area contributed by atoms with E-state index in [1.54, 1.807) is 17.4 Å². The summed E-state index contributed by atoms with van der Waals surface area (Å²) in [6.07, 6.45) is 0.206. The Morgan fingerprint density at radius 3 is 2.92 bits per heavy atom. The number of nitrogens with one attached hydrogen (secondary N) is 1. The van der Waals surface area contributed by atoms with E-state index in [0.29, 0.717) is 0 Å². The van der Waals surface area contributed by atoms with Crippen molar-refractivity contribution in [2.75, 3.05) is 12.0 Å². The molecule has 0 saturated carbocycles. The maximum Gasteiger partial charge on any atom is 0.243 e. The van der Waals surface area contributed by atoms with Gasteiger partial charge in [0.25, 0.3) is 0 Å². The molecular weight excluding hydrogens is 380 g/mol. The van der Waals surface area contributed by atoms with Gasteiger partial charge >= 0.3 is 0 Å². The third kappa shape index (κ3) is 4.60. The molecule has 0 fully saturated rings. The Kier molecular flexibility index (Phi) is 5.74. The number of benzene rings is 2. The van der Waals surface area contributed by atoms with E-state index >= 15 is 0 Å². The van der Waals surface area contributed by atoms with Crippen molar-refractivity contribution in [2.45, 2.75) is 4.21 Å². The lowest BCUT2D eigenvalue weighted by atomic mass is 10.2. The fourth-order valence-corrected chi connectivity index (χ4v) is 4.88. The van der Waals surface area contributed by atoms with Crippen molar-refractivity contribution in [3.05, 3.63) is 53.8 Å². The summed E-state index contributed by atoms with van der Waals surface area (Å²) >= 11 is 3.00. The zero-order valence-electron chi connectivity index (χ0n) is 12.8. The Balaban J connectivity index is 1.52. The molecule has 25 heavy (non-hydrogen) atoms. The molecule has 2 aromatic carbocycles. The lowest BCUT2D eigenvalue weighted by Crippen LogP contribution is -2.06. The molecule has 3 rings (SSSR count). The van der Waals surface area contributed by atoms with Gasteiger partial charge in [0.1, 0.15) is 17.6 Å². The van der Waals surface area contributed by atoms with Gasteiger partial charge in [-0.25, -0.2) is 9.11 Å². The van der Waals surface area contributed by atoms with Gasteiger partial charge in [0.15, 0.2) is 0 Å². The highest BCUT2D eigenvalue weighted by Gasteiger charge is 2.11. The second kappa shape index (κ2) is 8.00. The molecule has 0 radical (unpaired) electrons. The molecular formula is C16H13FN3O2PS2. The molecule has 1 aromatic heterocycles. The van der Waals surface area contributed by atoms with Crippen LogP contribution in [0, 0.1) is 17.1 Å². The topological polar surface area (TPSA) is 91.3 Å². The molecule has 0 spiro atoms. The number of nitrogens with two attached hydrogens (primary N) is 1. The Hall–Kier alpha value is -1.88. The van der Waals surface area contributed by atoms with Crippen LogP contribution >= 0.6 is 31.7 Å². The van der Waals surface area contributed by atoms with Crippen LogP contribution < -0.4 is 15.0 Å². The van der Waals surface area contributed by atoms with Crippen molar-refractivity contribution in [2.24, 2.45) is 0 Å². The molecule has 0 amide bonds. The van der Waals surface area contributed by atoms with Crippen molar-refractivity contribution in [1.29, 1.82) is 5.26 Å². The van der Waals surface area contributed by atoms with Gasteiger partial charge in [-0.2, -0.15) is 5.26 Å². The minimum atomic E-state index is -1.81. The summed E-state index contributed by atoms with van der Waals surface area (Å²) in [5.41, 5.74) is 6.42. The summed E-state index contributed by atoms with van der Waals surface area (Å²) in [4.78, 5) is 9.94. The largest absolute Gasteiger partial charge is 0.446 e. The molecule has 0 aliphatic carbocycles. The predicted octanol–water partition coefficient (Wildman–Crippen LogP) is 4.43. The Bertz CT molecular complexity index is 945. The van der Waals surface area contributed by atoms with Gasteiger partial charge in [0, 0.05) is 16.5 Å². The molecule has 9 heteroatoms. The van der Waals surface area contributed by atoms with Crippen LogP contribution in [0.5, 0.6) is 5.75 Å². The molecule has 5 nitrogen and oxygen atoms in total. The normalized spacial score (nSPS) is 12.0. The number of nitrogens with zero attached hydrogens (tertiary/aromatic N) is 1. The van der Waals surface area contributed by atoms with Crippen LogP contribution in [-0.4, -0.2) is 11.2 Å². The second-order valence-electron chi connectivity index (χ2n) is 4.96. The summed E-state index contributed by atoms with van der Waals surface area (Å²) < 4.78 is 24.0. The highest BCUT2D eigenvalue weighted by molar-refractivity contribution is 7.99. The summed E-state index contributed by atoms with van der Waals surface area (Å²) in [5.74, 6) is -0.482. The maximum absolute atomic E-state index is 13.5. The van der Waals surface area contributed by atoms with Crippen LogP contribution in [0.4, 0.5) is 10.1 Å². The lowest BCUT2D eigenvalue weighted by Gasteiger charge is -2.12. The summed E-state index contributed by atoms with van der Waals surface area (Å²) in [6, 6.07) is 13.4. The van der Waals surface area contributed by atoms with E-state index in [0.717, 1.165) is 26.0 Å². The fourth-order valence-electron chi connectivity index (χ4n) is 2.04. The third-order valence-corrected chi connectivity index (χ3v) is 6.24. The molecule has 128 valence electrons. The highest BCUT2D eigenvalue weighted by Crippen LogP contribution is 2.36. The first-order valence-corrected chi connectivity index (χ1v) is 10.1. The molecule has 1 unspecified atom stereocenters. The van der Waals surface area contributed by atoms with Gasteiger partial charge in [-0.15, -0.1) is 11.3 Å². The molecule has 0 bridgehead atoms. The van der Waals surface area contributed by atoms with E-state index in [1.807, 2.05) is 24.3 Å². The molecule has 0 aliphatic heterocycles. The molecule has 0 saturated heterocycles. The maximum atomic E-state index is 13.5. The molecule has 0 aliphatic rings. The van der Waals surface area contributed by atoms with Gasteiger partial charge < -0.3 is 15.2 Å². The van der Waals surface area contributed by atoms with Crippen molar-refractivity contribution in [1.82, 2.24) is 4.72 Å². The van der Waals surface area contributed by atoms with Crippen molar-refractivity contribution in [3.63, 3.8) is 0 Å². The van der Waals surface area contributed by atoms with Gasteiger partial charge in [-0.1, -0.05) is 0 Å². The second-order valence-corrected chi connectivity index (χ2v) is 8.44. The Morgan fingerprint density at radius 2 is 2.16 bits per heavy atom. The van der Waals surface area contributed by atoms with Crippen molar-refractivity contribution in [3.8, 4) is 11.8 Å². The fraction of sp³-hybridized carbons (Fsp3) is 0.0625. The van der Waals surface area contributed by atoms with E-state index in [-0.39, 0.29) is 17.6 Å². The minimum absolute atomic E-state index is 0.0614. The number of halogens is 1. The van der Waals surface area contributed by atoms with Gasteiger partial charge in [0.05, 0.1) is 16.1 Å². The van der Waals surface area contributed by atoms with Gasteiger partial charge in [-0.3, -0.25) is 0 Å². The number of anilines is 1. The third-order valence-electron chi connectivity index (χ3n) is 3.16. The van der Waals surface area contributed by atoms with E-state index in [4.69, 9.17) is 15.5 Å². The van der Waals surface area contributed by atoms with E-state index in [2.05, 4.69) is 4.72 Å². The van der Waals surface area contributed by atoms with Crippen LogP contribution in [0.1, 0.15) is 5.56 Å². The first-order chi connectivity index (χ1) is 12.0. The Morgan fingerprint density at radius 1 is 1.32 bits per heavy atom. The molecule has 4 N–H and O–H groups in total. The van der Waals surface area contributed by atoms with Gasteiger partial charge in [-0.05, 0) is 53.7 Å². The number of fused-ring (bicyclic) bond motifs is 1. The summed E-state index contributed by atoms with van der Waals surface area (Å²) in [7, 11) is -1.81. The molecule has 1 atom stereocenters. The van der Waals surface area contributed by atoms with Crippen molar-refractivity contribution < 1.29 is 13.8 Å².